The number of hydrogen-bond acceptors (Lipinski definition) is 3. The molecular formula is C15H18N2O2S. The summed E-state index contributed by atoms with van der Waals surface area (Å²) in [5.41, 5.74) is 1.82. The summed E-state index contributed by atoms with van der Waals surface area (Å²) >= 11 is 2.01. The molecule has 0 aliphatic carbocycles. The third kappa shape index (κ3) is 2.82. The number of hydrogen-bond donors (Lipinski definition) is 1. The lowest BCUT2D eigenvalue weighted by Gasteiger charge is -2.21. The number of nitrogens with zero attached hydrogens (tertiary/aromatic N) is 2. The first-order chi connectivity index (χ1) is 9.74. The van der Waals surface area contributed by atoms with Gasteiger partial charge >= 0.3 is 5.97 Å². The fourth-order valence-corrected chi connectivity index (χ4v) is 4.01. The highest BCUT2D eigenvalue weighted by Crippen LogP contribution is 2.27. The van der Waals surface area contributed by atoms with E-state index in [-0.39, 0.29) is 6.54 Å². The average molecular weight is 290 g/mol. The molecule has 1 aliphatic rings. The molecule has 1 fully saturated rings. The van der Waals surface area contributed by atoms with Gasteiger partial charge in [-0.1, -0.05) is 12.1 Å². The molecule has 3 rings (SSSR count). The smallest absolute Gasteiger partial charge is 0.323 e. The normalized spacial score (nSPS) is 16.6. The molecule has 0 spiro atoms. The van der Waals surface area contributed by atoms with Gasteiger partial charge < -0.3 is 9.67 Å². The van der Waals surface area contributed by atoms with E-state index in [4.69, 9.17) is 5.11 Å². The Balaban J connectivity index is 1.93. The van der Waals surface area contributed by atoms with E-state index in [1.165, 1.54) is 24.3 Å². The number of fused-ring (bicyclic) bond motifs is 1. The van der Waals surface area contributed by atoms with Gasteiger partial charge in [0, 0.05) is 6.42 Å². The van der Waals surface area contributed by atoms with E-state index in [1.54, 1.807) is 0 Å². The first-order valence-electron chi connectivity index (χ1n) is 6.97. The van der Waals surface area contributed by atoms with E-state index in [0.29, 0.717) is 5.92 Å². The van der Waals surface area contributed by atoms with Gasteiger partial charge in [0.1, 0.15) is 12.4 Å². The highest BCUT2D eigenvalue weighted by Gasteiger charge is 2.19. The maximum absolute atomic E-state index is 11.1. The van der Waals surface area contributed by atoms with Gasteiger partial charge in [0.05, 0.1) is 11.0 Å². The van der Waals surface area contributed by atoms with Gasteiger partial charge in [-0.3, -0.25) is 4.79 Å². The molecule has 1 aromatic carbocycles. The topological polar surface area (TPSA) is 55.1 Å². The Morgan fingerprint density at radius 2 is 2.10 bits per heavy atom. The van der Waals surface area contributed by atoms with Crippen molar-refractivity contribution >= 4 is 28.8 Å². The third-order valence-electron chi connectivity index (χ3n) is 3.84. The molecule has 1 aliphatic heterocycles. The van der Waals surface area contributed by atoms with E-state index in [2.05, 4.69) is 4.98 Å². The van der Waals surface area contributed by atoms with Crippen LogP contribution in [0.25, 0.3) is 11.0 Å². The summed E-state index contributed by atoms with van der Waals surface area (Å²) < 4.78 is 1.86. The molecule has 1 saturated heterocycles. The fourth-order valence-electron chi connectivity index (χ4n) is 2.80. The maximum Gasteiger partial charge on any atom is 0.323 e. The van der Waals surface area contributed by atoms with Crippen molar-refractivity contribution in [3.63, 3.8) is 0 Å². The van der Waals surface area contributed by atoms with Crippen LogP contribution in [-0.2, 0) is 17.8 Å². The molecule has 4 nitrogen and oxygen atoms in total. The van der Waals surface area contributed by atoms with E-state index in [9.17, 15) is 4.79 Å². The van der Waals surface area contributed by atoms with Crippen molar-refractivity contribution < 1.29 is 9.90 Å². The standard InChI is InChI=1S/C15H18N2O2S/c18-15(19)10-17-13-4-2-1-3-12(13)16-14(17)9-11-5-7-20-8-6-11/h1-4,11H,5-10H2,(H,18,19). The number of carboxylic acid groups (broad SMARTS) is 1. The number of carbonyl (C=O) groups is 1. The number of benzene rings is 1. The van der Waals surface area contributed by atoms with E-state index in [1.807, 2.05) is 40.6 Å². The Morgan fingerprint density at radius 1 is 1.35 bits per heavy atom. The molecule has 0 atom stereocenters. The summed E-state index contributed by atoms with van der Waals surface area (Å²) in [5, 5.41) is 9.12. The van der Waals surface area contributed by atoms with Crippen molar-refractivity contribution in [2.24, 2.45) is 5.92 Å². The van der Waals surface area contributed by atoms with E-state index >= 15 is 0 Å². The second kappa shape index (κ2) is 5.87. The van der Waals surface area contributed by atoms with Crippen LogP contribution in [0.2, 0.25) is 0 Å². The maximum atomic E-state index is 11.1. The molecule has 106 valence electrons. The Labute approximate surface area is 122 Å². The van der Waals surface area contributed by atoms with Crippen LogP contribution < -0.4 is 0 Å². The molecule has 2 aromatic rings. The number of aliphatic carboxylic acids is 1. The van der Waals surface area contributed by atoms with Gasteiger partial charge in [-0.15, -0.1) is 0 Å². The number of rotatable bonds is 4. The predicted octanol–water partition coefficient (Wildman–Crippen LogP) is 2.81. The van der Waals surface area contributed by atoms with Crippen molar-refractivity contribution in [2.45, 2.75) is 25.8 Å². The first kappa shape index (κ1) is 13.5. The molecule has 0 amide bonds. The summed E-state index contributed by atoms with van der Waals surface area (Å²) in [6.07, 6.45) is 3.31. The zero-order chi connectivity index (χ0) is 13.9. The molecule has 0 radical (unpaired) electrons. The second-order valence-electron chi connectivity index (χ2n) is 5.26. The van der Waals surface area contributed by atoms with Crippen LogP contribution >= 0.6 is 11.8 Å². The number of carboxylic acids is 1. The number of thioether (sulfide) groups is 1. The number of para-hydroxylation sites is 2. The molecule has 0 saturated carbocycles. The summed E-state index contributed by atoms with van der Waals surface area (Å²) in [5.74, 6) is 3.17. The van der Waals surface area contributed by atoms with Gasteiger partial charge in [-0.05, 0) is 42.4 Å². The second-order valence-corrected chi connectivity index (χ2v) is 6.48. The first-order valence-corrected chi connectivity index (χ1v) is 8.13. The van der Waals surface area contributed by atoms with Crippen molar-refractivity contribution in [1.82, 2.24) is 9.55 Å². The van der Waals surface area contributed by atoms with Crippen LogP contribution in [-0.4, -0.2) is 32.1 Å². The SMILES string of the molecule is O=C(O)Cn1c(CC2CCSCC2)nc2ccccc21. The highest BCUT2D eigenvalue weighted by atomic mass is 32.2. The third-order valence-corrected chi connectivity index (χ3v) is 4.89. The van der Waals surface area contributed by atoms with Gasteiger partial charge in [-0.25, -0.2) is 4.98 Å². The number of imidazole rings is 1. The fraction of sp³-hybridized carbons (Fsp3) is 0.467. The van der Waals surface area contributed by atoms with Crippen LogP contribution in [0.3, 0.4) is 0 Å². The summed E-state index contributed by atoms with van der Waals surface area (Å²) in [6, 6.07) is 7.78. The van der Waals surface area contributed by atoms with Crippen molar-refractivity contribution in [3.05, 3.63) is 30.1 Å². The van der Waals surface area contributed by atoms with Gasteiger partial charge in [0.15, 0.2) is 0 Å². The van der Waals surface area contributed by atoms with Crippen molar-refractivity contribution in [2.75, 3.05) is 11.5 Å². The van der Waals surface area contributed by atoms with Crippen molar-refractivity contribution in [3.8, 4) is 0 Å². The van der Waals surface area contributed by atoms with Crippen LogP contribution in [0.1, 0.15) is 18.7 Å². The minimum atomic E-state index is -0.811. The lowest BCUT2D eigenvalue weighted by Crippen LogP contribution is -2.17. The predicted molar refractivity (Wildman–Crippen MR) is 81.1 cm³/mol. The zero-order valence-electron chi connectivity index (χ0n) is 11.3. The summed E-state index contributed by atoms with van der Waals surface area (Å²) in [4.78, 5) is 15.8. The Kier molecular flexibility index (Phi) is 3.96. The minimum Gasteiger partial charge on any atom is -0.480 e. The molecule has 2 heterocycles. The minimum absolute atomic E-state index is 0.00266. The molecule has 0 unspecified atom stereocenters. The largest absolute Gasteiger partial charge is 0.480 e. The van der Waals surface area contributed by atoms with Crippen LogP contribution in [0, 0.1) is 5.92 Å². The molecule has 20 heavy (non-hydrogen) atoms. The monoisotopic (exact) mass is 290 g/mol. The summed E-state index contributed by atoms with van der Waals surface area (Å²) in [6.45, 7) is -0.00266. The Bertz CT molecular complexity index is 617. The van der Waals surface area contributed by atoms with Gasteiger partial charge in [0.2, 0.25) is 0 Å². The Morgan fingerprint density at radius 3 is 2.85 bits per heavy atom. The zero-order valence-corrected chi connectivity index (χ0v) is 12.1. The molecule has 5 heteroatoms. The molecular weight excluding hydrogens is 272 g/mol. The molecule has 0 bridgehead atoms. The molecule has 1 N–H and O–H groups in total. The summed E-state index contributed by atoms with van der Waals surface area (Å²) in [7, 11) is 0. The van der Waals surface area contributed by atoms with Crippen LogP contribution in [0.4, 0.5) is 0 Å². The average Bonchev–Trinajstić information content (AvgIpc) is 2.78. The highest BCUT2D eigenvalue weighted by molar-refractivity contribution is 7.99. The van der Waals surface area contributed by atoms with Gasteiger partial charge in [0.25, 0.3) is 0 Å². The lowest BCUT2D eigenvalue weighted by atomic mass is 9.98. The van der Waals surface area contributed by atoms with Crippen LogP contribution in [0.15, 0.2) is 24.3 Å². The van der Waals surface area contributed by atoms with E-state index < -0.39 is 5.97 Å². The Hall–Kier alpha value is -1.49. The lowest BCUT2D eigenvalue weighted by molar-refractivity contribution is -0.137. The molecule has 1 aromatic heterocycles. The van der Waals surface area contributed by atoms with Gasteiger partial charge in [-0.2, -0.15) is 11.8 Å². The quantitative estimate of drug-likeness (QED) is 0.940. The van der Waals surface area contributed by atoms with E-state index in [0.717, 1.165) is 23.3 Å². The number of aromatic nitrogens is 2. The van der Waals surface area contributed by atoms with Crippen LogP contribution in [0.5, 0.6) is 0 Å². The van der Waals surface area contributed by atoms with Crippen molar-refractivity contribution in [1.29, 1.82) is 0 Å².